The monoisotopic (exact) mass is 257 g/mol. The minimum Gasteiger partial charge on any atom is -0.426 e. The highest BCUT2D eigenvalue weighted by Crippen LogP contribution is 2.19. The van der Waals surface area contributed by atoms with E-state index in [-0.39, 0.29) is 17.9 Å². The summed E-state index contributed by atoms with van der Waals surface area (Å²) in [6, 6.07) is 14.7. The van der Waals surface area contributed by atoms with Crippen LogP contribution in [0.2, 0.25) is 0 Å². The molecule has 2 aromatic rings. The second-order valence-electron chi connectivity index (χ2n) is 3.89. The summed E-state index contributed by atoms with van der Waals surface area (Å²) in [6.07, 6.45) is 0.129. The van der Waals surface area contributed by atoms with Crippen LogP contribution >= 0.6 is 0 Å². The maximum Gasteiger partial charge on any atom is 0.315 e. The Hall–Kier alpha value is -2.69. The molecule has 0 aliphatic heterocycles. The molecule has 0 atom stereocenters. The molecule has 0 aliphatic rings. The number of ether oxygens (including phenoxy) is 1. The van der Waals surface area contributed by atoms with Gasteiger partial charge in [-0.25, -0.2) is 0 Å². The van der Waals surface area contributed by atoms with Gasteiger partial charge in [-0.1, -0.05) is 36.4 Å². The number of esters is 1. The summed E-state index contributed by atoms with van der Waals surface area (Å²) in [7, 11) is 0. The van der Waals surface area contributed by atoms with Gasteiger partial charge in [0.05, 0.1) is 17.4 Å². The number of hydrogen-bond acceptors (Lipinski definition) is 4. The van der Waals surface area contributed by atoms with Crippen molar-refractivity contribution in [3.05, 3.63) is 70.3 Å². The first-order valence-corrected chi connectivity index (χ1v) is 5.64. The predicted molar refractivity (Wildman–Crippen MR) is 68.9 cm³/mol. The molecule has 0 heterocycles. The number of rotatable bonds is 4. The van der Waals surface area contributed by atoms with Crippen molar-refractivity contribution in [2.24, 2.45) is 0 Å². The molecule has 0 saturated carbocycles. The molecule has 0 spiro atoms. The van der Waals surface area contributed by atoms with E-state index in [1.54, 1.807) is 0 Å². The van der Waals surface area contributed by atoms with Gasteiger partial charge in [0.15, 0.2) is 0 Å². The van der Waals surface area contributed by atoms with Crippen LogP contribution < -0.4 is 4.74 Å². The van der Waals surface area contributed by atoms with Crippen molar-refractivity contribution in [3.63, 3.8) is 0 Å². The summed E-state index contributed by atoms with van der Waals surface area (Å²) < 4.78 is 5.07. The van der Waals surface area contributed by atoms with Crippen LogP contribution in [0.5, 0.6) is 5.75 Å². The molecule has 0 amide bonds. The third-order valence-corrected chi connectivity index (χ3v) is 2.45. The smallest absolute Gasteiger partial charge is 0.315 e. The highest BCUT2D eigenvalue weighted by atomic mass is 16.6. The van der Waals surface area contributed by atoms with Gasteiger partial charge < -0.3 is 4.74 Å². The van der Waals surface area contributed by atoms with Gasteiger partial charge in [-0.2, -0.15) is 0 Å². The SMILES string of the molecule is O=C(Cc1ccccc1)Oc1cccc([N+](=O)[O-])c1. The first kappa shape index (κ1) is 12.8. The lowest BCUT2D eigenvalue weighted by Crippen LogP contribution is -2.11. The Morgan fingerprint density at radius 1 is 1.11 bits per heavy atom. The van der Waals surface area contributed by atoms with Gasteiger partial charge in [-0.15, -0.1) is 0 Å². The van der Waals surface area contributed by atoms with Crippen molar-refractivity contribution >= 4 is 11.7 Å². The summed E-state index contributed by atoms with van der Waals surface area (Å²) in [5.41, 5.74) is 0.725. The molecule has 0 fully saturated rings. The molecule has 0 radical (unpaired) electrons. The zero-order chi connectivity index (χ0) is 13.7. The lowest BCUT2D eigenvalue weighted by Gasteiger charge is -2.04. The average molecular weight is 257 g/mol. The van der Waals surface area contributed by atoms with Crippen LogP contribution in [0.15, 0.2) is 54.6 Å². The van der Waals surface area contributed by atoms with E-state index < -0.39 is 10.9 Å². The van der Waals surface area contributed by atoms with E-state index in [0.29, 0.717) is 0 Å². The Kier molecular flexibility index (Phi) is 3.87. The van der Waals surface area contributed by atoms with Crippen LogP contribution in [-0.4, -0.2) is 10.9 Å². The van der Waals surface area contributed by atoms with Crippen molar-refractivity contribution in [3.8, 4) is 5.75 Å². The second-order valence-corrected chi connectivity index (χ2v) is 3.89. The molecular formula is C14H11NO4. The van der Waals surface area contributed by atoms with Crippen molar-refractivity contribution in [2.45, 2.75) is 6.42 Å². The lowest BCUT2D eigenvalue weighted by molar-refractivity contribution is -0.384. The zero-order valence-electron chi connectivity index (χ0n) is 9.98. The molecule has 2 aromatic carbocycles. The van der Waals surface area contributed by atoms with Gasteiger partial charge in [0, 0.05) is 6.07 Å². The Bertz CT molecular complexity index is 595. The molecule has 5 nitrogen and oxygen atoms in total. The van der Waals surface area contributed by atoms with E-state index >= 15 is 0 Å². The fourth-order valence-electron chi connectivity index (χ4n) is 1.59. The van der Waals surface area contributed by atoms with E-state index in [0.717, 1.165) is 5.56 Å². The summed E-state index contributed by atoms with van der Waals surface area (Å²) in [4.78, 5) is 21.7. The van der Waals surface area contributed by atoms with Crippen LogP contribution in [0.3, 0.4) is 0 Å². The number of carbonyl (C=O) groups is 1. The standard InChI is InChI=1S/C14H11NO4/c16-14(9-11-5-2-1-3-6-11)19-13-8-4-7-12(10-13)15(17)18/h1-8,10H,9H2. The number of carbonyl (C=O) groups excluding carboxylic acids is 1. The quantitative estimate of drug-likeness (QED) is 0.365. The van der Waals surface area contributed by atoms with Crippen molar-refractivity contribution in [1.29, 1.82) is 0 Å². The van der Waals surface area contributed by atoms with E-state index in [9.17, 15) is 14.9 Å². The summed E-state index contributed by atoms with van der Waals surface area (Å²) in [5.74, 6) is -0.276. The number of nitrogens with zero attached hydrogens (tertiary/aromatic N) is 1. The van der Waals surface area contributed by atoms with E-state index in [1.807, 2.05) is 30.3 Å². The molecule has 0 saturated heterocycles. The van der Waals surface area contributed by atoms with Crippen molar-refractivity contribution in [1.82, 2.24) is 0 Å². The summed E-state index contributed by atoms with van der Waals surface area (Å²) in [5, 5.41) is 10.6. The van der Waals surface area contributed by atoms with Gasteiger partial charge >= 0.3 is 5.97 Å². The van der Waals surface area contributed by atoms with Crippen LogP contribution in [0.25, 0.3) is 0 Å². The van der Waals surface area contributed by atoms with Gasteiger partial charge in [-0.3, -0.25) is 14.9 Å². The highest BCUT2D eigenvalue weighted by Gasteiger charge is 2.10. The minimum atomic E-state index is -0.533. The molecule has 19 heavy (non-hydrogen) atoms. The molecule has 0 aliphatic carbocycles. The molecule has 2 rings (SSSR count). The fraction of sp³-hybridized carbons (Fsp3) is 0.0714. The number of benzene rings is 2. The summed E-state index contributed by atoms with van der Waals surface area (Å²) in [6.45, 7) is 0. The predicted octanol–water partition coefficient (Wildman–Crippen LogP) is 2.74. The number of hydrogen-bond donors (Lipinski definition) is 0. The Morgan fingerprint density at radius 2 is 1.84 bits per heavy atom. The van der Waals surface area contributed by atoms with E-state index in [2.05, 4.69) is 0 Å². The van der Waals surface area contributed by atoms with E-state index in [4.69, 9.17) is 4.74 Å². The van der Waals surface area contributed by atoms with Gasteiger partial charge in [0.2, 0.25) is 0 Å². The van der Waals surface area contributed by atoms with Crippen LogP contribution in [0.1, 0.15) is 5.56 Å². The second kappa shape index (κ2) is 5.77. The number of non-ortho nitro benzene ring substituents is 1. The first-order chi connectivity index (χ1) is 9.15. The van der Waals surface area contributed by atoms with Crippen molar-refractivity contribution in [2.75, 3.05) is 0 Å². The maximum absolute atomic E-state index is 11.7. The summed E-state index contributed by atoms with van der Waals surface area (Å²) >= 11 is 0. The Morgan fingerprint density at radius 3 is 2.53 bits per heavy atom. The molecule has 0 N–H and O–H groups in total. The minimum absolute atomic E-state index is 0.106. The number of nitro benzene ring substituents is 1. The maximum atomic E-state index is 11.7. The Labute approximate surface area is 109 Å². The third-order valence-electron chi connectivity index (χ3n) is 2.45. The van der Waals surface area contributed by atoms with Gasteiger partial charge in [-0.05, 0) is 11.6 Å². The Balaban J connectivity index is 2.03. The van der Waals surface area contributed by atoms with Crippen LogP contribution in [0, 0.1) is 10.1 Å². The largest absolute Gasteiger partial charge is 0.426 e. The van der Waals surface area contributed by atoms with Crippen LogP contribution in [0.4, 0.5) is 5.69 Å². The van der Waals surface area contributed by atoms with Gasteiger partial charge in [0.25, 0.3) is 5.69 Å². The molecule has 5 heteroatoms. The topological polar surface area (TPSA) is 69.4 Å². The molecule has 96 valence electrons. The molecule has 0 bridgehead atoms. The first-order valence-electron chi connectivity index (χ1n) is 5.64. The van der Waals surface area contributed by atoms with Crippen LogP contribution in [-0.2, 0) is 11.2 Å². The highest BCUT2D eigenvalue weighted by molar-refractivity contribution is 5.75. The lowest BCUT2D eigenvalue weighted by atomic mass is 10.2. The van der Waals surface area contributed by atoms with Gasteiger partial charge in [0.1, 0.15) is 5.75 Å². The molecular weight excluding hydrogens is 246 g/mol. The zero-order valence-corrected chi connectivity index (χ0v) is 9.98. The molecule has 0 aromatic heterocycles. The van der Waals surface area contributed by atoms with E-state index in [1.165, 1.54) is 24.3 Å². The normalized spacial score (nSPS) is 9.89. The fourth-order valence-corrected chi connectivity index (χ4v) is 1.59. The number of nitro groups is 1. The van der Waals surface area contributed by atoms with Crippen molar-refractivity contribution < 1.29 is 14.5 Å². The third kappa shape index (κ3) is 3.64. The average Bonchev–Trinajstić information content (AvgIpc) is 2.40. The molecule has 0 unspecified atom stereocenters.